The molecule has 1 aromatic carbocycles. The number of hydrogen-bond donors (Lipinski definition) is 0. The highest BCUT2D eigenvalue weighted by atomic mass is 14.1. The molecule has 0 saturated carbocycles. The van der Waals surface area contributed by atoms with E-state index in [4.69, 9.17) is 0 Å². The first kappa shape index (κ1) is 14.3. The molecule has 0 N–H and O–H groups in total. The Morgan fingerprint density at radius 2 is 1.35 bits per heavy atom. The van der Waals surface area contributed by atoms with E-state index in [1.54, 1.807) is 5.56 Å². The van der Waals surface area contributed by atoms with E-state index in [1.807, 2.05) is 0 Å². The molecule has 17 heavy (non-hydrogen) atoms. The summed E-state index contributed by atoms with van der Waals surface area (Å²) in [5.74, 6) is 0. The summed E-state index contributed by atoms with van der Waals surface area (Å²) in [7, 11) is 0. The Morgan fingerprint density at radius 1 is 0.824 bits per heavy atom. The van der Waals surface area contributed by atoms with Crippen molar-refractivity contribution in [3.05, 3.63) is 41.3 Å². The summed E-state index contributed by atoms with van der Waals surface area (Å²) in [6.07, 6.45) is 9.07. The predicted molar refractivity (Wildman–Crippen MR) is 77.4 cm³/mol. The van der Waals surface area contributed by atoms with Crippen LogP contribution in [-0.2, 0) is 6.42 Å². The van der Waals surface area contributed by atoms with E-state index in [9.17, 15) is 0 Å². The number of hydrogen-bond acceptors (Lipinski definition) is 0. The molecule has 0 bridgehead atoms. The lowest BCUT2D eigenvalue weighted by molar-refractivity contribution is 0.616. The molecule has 0 atom stereocenters. The summed E-state index contributed by atoms with van der Waals surface area (Å²) in [5, 5.41) is 0. The molecule has 0 heteroatoms. The maximum Gasteiger partial charge on any atom is -0.0274 e. The molecule has 95 valence electrons. The quantitative estimate of drug-likeness (QED) is 0.556. The molecule has 0 heterocycles. The molecule has 0 unspecified atom stereocenters. The van der Waals surface area contributed by atoms with Crippen LogP contribution in [0.5, 0.6) is 0 Å². The summed E-state index contributed by atoms with van der Waals surface area (Å²) < 4.78 is 0. The summed E-state index contributed by atoms with van der Waals surface area (Å²) in [4.78, 5) is 0. The van der Waals surface area contributed by atoms with Crippen LogP contribution in [0.2, 0.25) is 0 Å². The van der Waals surface area contributed by atoms with Crippen molar-refractivity contribution in [2.75, 3.05) is 0 Å². The second-order valence-electron chi connectivity index (χ2n) is 5.25. The van der Waals surface area contributed by atoms with Gasteiger partial charge in [0.25, 0.3) is 0 Å². The van der Waals surface area contributed by atoms with Crippen LogP contribution in [0, 0.1) is 27.7 Å². The summed E-state index contributed by atoms with van der Waals surface area (Å²) >= 11 is 0. The highest BCUT2D eigenvalue weighted by Gasteiger charge is 2.03. The lowest BCUT2D eigenvalue weighted by Gasteiger charge is -2.11. The Morgan fingerprint density at radius 3 is 1.94 bits per heavy atom. The normalized spacial score (nSPS) is 10.8. The fourth-order valence-corrected chi connectivity index (χ4v) is 2.61. The molecule has 0 aliphatic heterocycles. The van der Waals surface area contributed by atoms with E-state index >= 15 is 0 Å². The Kier molecular flexibility index (Phi) is 6.32. The molecule has 1 rings (SSSR count). The van der Waals surface area contributed by atoms with E-state index in [0.29, 0.717) is 0 Å². The SMILES string of the molecule is [CH2]CCCCCCCc1c(C)cc(C)cc1C. The zero-order valence-corrected chi connectivity index (χ0v) is 11.8. The van der Waals surface area contributed by atoms with Crippen LogP contribution in [-0.4, -0.2) is 0 Å². The highest BCUT2D eigenvalue weighted by Crippen LogP contribution is 2.19. The van der Waals surface area contributed by atoms with E-state index in [1.165, 1.54) is 55.2 Å². The smallest absolute Gasteiger partial charge is 0.0274 e. The first-order chi connectivity index (χ1) is 8.15. The lowest BCUT2D eigenvalue weighted by atomic mass is 9.95. The van der Waals surface area contributed by atoms with E-state index in [0.717, 1.165) is 6.42 Å². The van der Waals surface area contributed by atoms with Crippen LogP contribution in [0.4, 0.5) is 0 Å². The van der Waals surface area contributed by atoms with Gasteiger partial charge in [0.15, 0.2) is 0 Å². The first-order valence-electron chi connectivity index (χ1n) is 7.01. The van der Waals surface area contributed by atoms with Gasteiger partial charge in [-0.25, -0.2) is 0 Å². The lowest BCUT2D eigenvalue weighted by Crippen LogP contribution is -1.95. The second-order valence-corrected chi connectivity index (χ2v) is 5.25. The van der Waals surface area contributed by atoms with Crippen molar-refractivity contribution in [1.29, 1.82) is 0 Å². The van der Waals surface area contributed by atoms with Crippen molar-refractivity contribution in [2.24, 2.45) is 0 Å². The summed E-state index contributed by atoms with van der Waals surface area (Å²) in [5.41, 5.74) is 5.91. The van der Waals surface area contributed by atoms with Gasteiger partial charge in [-0.1, -0.05) is 56.7 Å². The Labute approximate surface area is 107 Å². The van der Waals surface area contributed by atoms with Gasteiger partial charge >= 0.3 is 0 Å². The second kappa shape index (κ2) is 7.53. The van der Waals surface area contributed by atoms with Crippen molar-refractivity contribution < 1.29 is 0 Å². The zero-order valence-electron chi connectivity index (χ0n) is 11.8. The maximum absolute atomic E-state index is 3.88. The highest BCUT2D eigenvalue weighted by molar-refractivity contribution is 5.37. The molecular formula is C17H27. The average molecular weight is 231 g/mol. The average Bonchev–Trinajstić information content (AvgIpc) is 2.26. The fraction of sp³-hybridized carbons (Fsp3) is 0.588. The topological polar surface area (TPSA) is 0 Å². The molecule has 0 aromatic heterocycles. The van der Waals surface area contributed by atoms with Gasteiger partial charge in [0, 0.05) is 0 Å². The standard InChI is InChI=1S/C17H27/c1-5-6-7-8-9-10-11-17-15(3)12-14(2)13-16(17)4/h12-13H,1,5-11H2,2-4H3. The zero-order chi connectivity index (χ0) is 12.7. The van der Waals surface area contributed by atoms with Gasteiger partial charge in [-0.3, -0.25) is 0 Å². The van der Waals surface area contributed by atoms with Gasteiger partial charge in [-0.15, -0.1) is 0 Å². The molecule has 0 nitrogen and oxygen atoms in total. The fourth-order valence-electron chi connectivity index (χ4n) is 2.61. The van der Waals surface area contributed by atoms with Crippen LogP contribution in [0.3, 0.4) is 0 Å². The van der Waals surface area contributed by atoms with Crippen molar-refractivity contribution in [3.63, 3.8) is 0 Å². The summed E-state index contributed by atoms with van der Waals surface area (Å²) in [6, 6.07) is 4.62. The third kappa shape index (κ3) is 4.93. The minimum absolute atomic E-state index is 1.09. The molecule has 0 aliphatic rings. The van der Waals surface area contributed by atoms with Crippen LogP contribution >= 0.6 is 0 Å². The molecule has 0 amide bonds. The molecule has 1 aromatic rings. The van der Waals surface area contributed by atoms with Crippen molar-refractivity contribution in [2.45, 2.75) is 65.7 Å². The molecule has 0 aliphatic carbocycles. The van der Waals surface area contributed by atoms with Crippen molar-refractivity contribution >= 4 is 0 Å². The van der Waals surface area contributed by atoms with Crippen LogP contribution < -0.4 is 0 Å². The van der Waals surface area contributed by atoms with Gasteiger partial charge in [-0.05, 0) is 50.3 Å². The molecule has 1 radical (unpaired) electrons. The molecule has 0 spiro atoms. The number of unbranched alkanes of at least 4 members (excludes halogenated alkanes) is 5. The minimum Gasteiger partial charge on any atom is -0.0561 e. The van der Waals surface area contributed by atoms with Crippen LogP contribution in [0.1, 0.15) is 60.8 Å². The van der Waals surface area contributed by atoms with Gasteiger partial charge in [-0.2, -0.15) is 0 Å². The van der Waals surface area contributed by atoms with Crippen LogP contribution in [0.15, 0.2) is 12.1 Å². The van der Waals surface area contributed by atoms with Gasteiger partial charge < -0.3 is 0 Å². The van der Waals surface area contributed by atoms with Gasteiger partial charge in [0.05, 0.1) is 0 Å². The summed E-state index contributed by atoms with van der Waals surface area (Å²) in [6.45, 7) is 10.6. The predicted octanol–water partition coefficient (Wildman–Crippen LogP) is 5.33. The molecule has 0 fully saturated rings. The van der Waals surface area contributed by atoms with E-state index in [2.05, 4.69) is 39.8 Å². The number of rotatable bonds is 7. The van der Waals surface area contributed by atoms with Crippen LogP contribution in [0.25, 0.3) is 0 Å². The third-order valence-electron chi connectivity index (χ3n) is 3.52. The number of benzene rings is 1. The monoisotopic (exact) mass is 231 g/mol. The number of aryl methyl sites for hydroxylation is 3. The maximum atomic E-state index is 3.88. The first-order valence-corrected chi connectivity index (χ1v) is 7.01. The largest absolute Gasteiger partial charge is 0.0561 e. The third-order valence-corrected chi connectivity index (χ3v) is 3.52. The van der Waals surface area contributed by atoms with E-state index < -0.39 is 0 Å². The minimum atomic E-state index is 1.09. The Bertz CT molecular complexity index is 313. The molecule has 0 saturated heterocycles. The van der Waals surface area contributed by atoms with Gasteiger partial charge in [0.2, 0.25) is 0 Å². The van der Waals surface area contributed by atoms with E-state index in [-0.39, 0.29) is 0 Å². The van der Waals surface area contributed by atoms with Crippen molar-refractivity contribution in [1.82, 2.24) is 0 Å². The Balaban J connectivity index is 2.36. The van der Waals surface area contributed by atoms with Crippen molar-refractivity contribution in [3.8, 4) is 0 Å². The van der Waals surface area contributed by atoms with Gasteiger partial charge in [0.1, 0.15) is 0 Å². The molecular weight excluding hydrogens is 204 g/mol. The Hall–Kier alpha value is -0.780.